The SMILES string of the molecule is CC1(C)CCN(S(=O)(=O)c2cc(F)c(Cl)c(CCl)c2)CC1. The number of piperidine rings is 1. The van der Waals surface area contributed by atoms with Crippen LogP contribution in [0.25, 0.3) is 0 Å². The monoisotopic (exact) mass is 353 g/mol. The third-order valence-corrected chi connectivity index (χ3v) is 6.52. The summed E-state index contributed by atoms with van der Waals surface area (Å²) in [6.07, 6.45) is 1.56. The minimum atomic E-state index is -3.71. The molecule has 2 rings (SSSR count). The van der Waals surface area contributed by atoms with E-state index in [4.69, 9.17) is 23.2 Å². The summed E-state index contributed by atoms with van der Waals surface area (Å²) in [6, 6.07) is 2.32. The molecular formula is C14H18Cl2FNO2S. The summed E-state index contributed by atoms with van der Waals surface area (Å²) in [4.78, 5) is -0.0836. The van der Waals surface area contributed by atoms with Gasteiger partial charge in [-0.15, -0.1) is 11.6 Å². The van der Waals surface area contributed by atoms with E-state index in [0.717, 1.165) is 18.9 Å². The Labute approximate surface area is 135 Å². The van der Waals surface area contributed by atoms with Crippen LogP contribution in [-0.4, -0.2) is 25.8 Å². The lowest BCUT2D eigenvalue weighted by Crippen LogP contribution is -2.41. The summed E-state index contributed by atoms with van der Waals surface area (Å²) in [6.45, 7) is 5.11. The Morgan fingerprint density at radius 1 is 1.29 bits per heavy atom. The molecular weight excluding hydrogens is 336 g/mol. The number of hydrogen-bond acceptors (Lipinski definition) is 2. The number of hydrogen-bond donors (Lipinski definition) is 0. The Morgan fingerprint density at radius 3 is 2.38 bits per heavy atom. The molecule has 0 bridgehead atoms. The molecule has 3 nitrogen and oxygen atoms in total. The van der Waals surface area contributed by atoms with Gasteiger partial charge >= 0.3 is 0 Å². The van der Waals surface area contributed by atoms with E-state index < -0.39 is 15.8 Å². The molecule has 0 unspecified atom stereocenters. The first-order valence-corrected chi connectivity index (χ1v) is 9.07. The van der Waals surface area contributed by atoms with Crippen LogP contribution in [0.2, 0.25) is 5.02 Å². The fourth-order valence-electron chi connectivity index (χ4n) is 2.35. The maximum absolute atomic E-state index is 13.8. The van der Waals surface area contributed by atoms with Crippen molar-refractivity contribution in [1.29, 1.82) is 0 Å². The molecule has 118 valence electrons. The van der Waals surface area contributed by atoms with E-state index in [1.54, 1.807) is 0 Å². The smallest absolute Gasteiger partial charge is 0.207 e. The van der Waals surface area contributed by atoms with Gasteiger partial charge in [-0.05, 0) is 36.0 Å². The molecule has 0 amide bonds. The van der Waals surface area contributed by atoms with E-state index in [-0.39, 0.29) is 26.8 Å². The maximum Gasteiger partial charge on any atom is 0.243 e. The molecule has 1 saturated heterocycles. The molecule has 1 fully saturated rings. The van der Waals surface area contributed by atoms with Crippen LogP contribution in [0.5, 0.6) is 0 Å². The zero-order valence-corrected chi connectivity index (χ0v) is 14.3. The largest absolute Gasteiger partial charge is 0.243 e. The quantitative estimate of drug-likeness (QED) is 0.769. The summed E-state index contributed by atoms with van der Waals surface area (Å²) in [7, 11) is -3.71. The van der Waals surface area contributed by atoms with E-state index in [9.17, 15) is 12.8 Å². The van der Waals surface area contributed by atoms with E-state index in [1.807, 2.05) is 0 Å². The molecule has 0 radical (unpaired) electrons. The van der Waals surface area contributed by atoms with Crippen LogP contribution >= 0.6 is 23.2 Å². The van der Waals surface area contributed by atoms with Crippen molar-refractivity contribution in [3.63, 3.8) is 0 Å². The molecule has 0 spiro atoms. The third-order valence-electron chi connectivity index (χ3n) is 3.93. The number of rotatable bonds is 3. The standard InChI is InChI=1S/C14H18Cl2FNO2S/c1-14(2)3-5-18(6-4-14)21(19,20)11-7-10(9-15)13(16)12(17)8-11/h7-8H,3-6,9H2,1-2H3. The summed E-state index contributed by atoms with van der Waals surface area (Å²) < 4.78 is 40.4. The number of sulfonamides is 1. The van der Waals surface area contributed by atoms with Crippen LogP contribution < -0.4 is 0 Å². The highest BCUT2D eigenvalue weighted by Gasteiger charge is 2.33. The number of nitrogens with zero attached hydrogens (tertiary/aromatic N) is 1. The summed E-state index contributed by atoms with van der Waals surface area (Å²) in [5.41, 5.74) is 0.424. The second-order valence-electron chi connectivity index (χ2n) is 6.08. The summed E-state index contributed by atoms with van der Waals surface area (Å²) in [5.74, 6) is -0.794. The first-order chi connectivity index (χ1) is 9.67. The zero-order chi connectivity index (χ0) is 15.8. The molecule has 1 aromatic carbocycles. The molecule has 21 heavy (non-hydrogen) atoms. The van der Waals surface area contributed by atoms with Crippen molar-refractivity contribution < 1.29 is 12.8 Å². The van der Waals surface area contributed by atoms with Gasteiger partial charge in [0.25, 0.3) is 0 Å². The number of halogens is 3. The predicted molar refractivity (Wildman–Crippen MR) is 82.7 cm³/mol. The lowest BCUT2D eigenvalue weighted by Gasteiger charge is -2.36. The van der Waals surface area contributed by atoms with Crippen LogP contribution in [0.4, 0.5) is 4.39 Å². The highest BCUT2D eigenvalue weighted by atomic mass is 35.5. The van der Waals surface area contributed by atoms with Crippen molar-refractivity contribution in [3.8, 4) is 0 Å². The van der Waals surface area contributed by atoms with Crippen molar-refractivity contribution in [2.45, 2.75) is 37.5 Å². The second-order valence-corrected chi connectivity index (χ2v) is 8.66. The molecule has 0 atom stereocenters. The van der Waals surface area contributed by atoms with E-state index in [1.165, 1.54) is 10.4 Å². The van der Waals surface area contributed by atoms with Crippen LogP contribution in [0.15, 0.2) is 17.0 Å². The molecule has 1 heterocycles. The summed E-state index contributed by atoms with van der Waals surface area (Å²) >= 11 is 11.5. The van der Waals surface area contributed by atoms with Gasteiger partial charge in [0, 0.05) is 19.0 Å². The molecule has 0 N–H and O–H groups in total. The van der Waals surface area contributed by atoms with Gasteiger partial charge in [-0.25, -0.2) is 12.8 Å². The lowest BCUT2D eigenvalue weighted by molar-refractivity contribution is 0.196. The van der Waals surface area contributed by atoms with E-state index in [0.29, 0.717) is 13.1 Å². The van der Waals surface area contributed by atoms with E-state index in [2.05, 4.69) is 13.8 Å². The van der Waals surface area contributed by atoms with Crippen molar-refractivity contribution >= 4 is 33.2 Å². The average molecular weight is 354 g/mol. The Hall–Kier alpha value is -0.360. The predicted octanol–water partition coefficient (Wildman–Crippen LogP) is 4.03. The van der Waals surface area contributed by atoms with Gasteiger partial charge in [-0.2, -0.15) is 4.31 Å². The average Bonchev–Trinajstić information content (AvgIpc) is 2.41. The molecule has 1 aromatic rings. The fraction of sp³-hybridized carbons (Fsp3) is 0.571. The van der Waals surface area contributed by atoms with Gasteiger partial charge in [0.1, 0.15) is 5.82 Å². The fourth-order valence-corrected chi connectivity index (χ4v) is 4.31. The van der Waals surface area contributed by atoms with Crippen LogP contribution in [-0.2, 0) is 15.9 Å². The van der Waals surface area contributed by atoms with Gasteiger partial charge in [-0.1, -0.05) is 25.4 Å². The molecule has 1 aliphatic rings. The second kappa shape index (κ2) is 6.03. The first kappa shape index (κ1) is 17.0. The van der Waals surface area contributed by atoms with Crippen molar-refractivity contribution in [2.75, 3.05) is 13.1 Å². The Bertz CT molecular complexity index is 637. The minimum absolute atomic E-state index is 0.0356. The van der Waals surface area contributed by atoms with Gasteiger partial charge in [0.05, 0.1) is 9.92 Å². The molecule has 0 aromatic heterocycles. The van der Waals surface area contributed by atoms with Gasteiger partial charge in [0.15, 0.2) is 0 Å². The maximum atomic E-state index is 13.8. The van der Waals surface area contributed by atoms with Crippen LogP contribution in [0, 0.1) is 11.2 Å². The molecule has 0 saturated carbocycles. The molecule has 0 aliphatic carbocycles. The van der Waals surface area contributed by atoms with Crippen molar-refractivity contribution in [2.24, 2.45) is 5.41 Å². The van der Waals surface area contributed by atoms with Gasteiger partial charge < -0.3 is 0 Å². The Morgan fingerprint density at radius 2 is 1.86 bits per heavy atom. The highest BCUT2D eigenvalue weighted by molar-refractivity contribution is 7.89. The van der Waals surface area contributed by atoms with Crippen molar-refractivity contribution in [1.82, 2.24) is 4.31 Å². The van der Waals surface area contributed by atoms with Gasteiger partial charge in [-0.3, -0.25) is 0 Å². The van der Waals surface area contributed by atoms with Crippen LogP contribution in [0.1, 0.15) is 32.3 Å². The zero-order valence-electron chi connectivity index (χ0n) is 12.0. The molecule has 7 heteroatoms. The highest BCUT2D eigenvalue weighted by Crippen LogP contribution is 2.33. The topological polar surface area (TPSA) is 37.4 Å². The third kappa shape index (κ3) is 3.52. The number of benzene rings is 1. The number of alkyl halides is 1. The van der Waals surface area contributed by atoms with Crippen LogP contribution in [0.3, 0.4) is 0 Å². The molecule has 1 aliphatic heterocycles. The first-order valence-electron chi connectivity index (χ1n) is 6.71. The Kier molecular flexibility index (Phi) is 4.88. The Balaban J connectivity index is 2.35. The van der Waals surface area contributed by atoms with Crippen molar-refractivity contribution in [3.05, 3.63) is 28.5 Å². The van der Waals surface area contributed by atoms with Gasteiger partial charge in [0.2, 0.25) is 10.0 Å². The summed E-state index contributed by atoms with van der Waals surface area (Å²) in [5, 5.41) is -0.122. The lowest BCUT2D eigenvalue weighted by atomic mass is 9.83. The minimum Gasteiger partial charge on any atom is -0.207 e. The van der Waals surface area contributed by atoms with E-state index >= 15 is 0 Å². The normalized spacial score (nSPS) is 19.7.